The number of nitrogens with one attached hydrogen (secondary N) is 1. The van der Waals surface area contributed by atoms with Gasteiger partial charge >= 0.3 is 0 Å². The number of hydrogen-bond donors (Lipinski definition) is 1. The van der Waals surface area contributed by atoms with E-state index < -0.39 is 15.8 Å². The number of anilines is 1. The molecule has 1 heterocycles. The molecule has 26 heavy (non-hydrogen) atoms. The Balaban J connectivity index is 1.83. The van der Waals surface area contributed by atoms with Crippen LogP contribution in [0.5, 0.6) is 0 Å². The molecule has 0 amide bonds. The van der Waals surface area contributed by atoms with Crippen molar-refractivity contribution in [2.24, 2.45) is 7.05 Å². The molecule has 0 spiro atoms. The molecule has 1 aromatic heterocycles. The molecule has 1 N–H and O–H groups in total. The fourth-order valence-electron chi connectivity index (χ4n) is 2.22. The molecule has 0 saturated heterocycles. The Hall–Kier alpha value is -2.03. The molecule has 0 aliphatic heterocycles. The number of rotatable bonds is 6. The van der Waals surface area contributed by atoms with Crippen LogP contribution in [0.3, 0.4) is 0 Å². The lowest BCUT2D eigenvalue weighted by Crippen LogP contribution is -2.14. The molecule has 0 unspecified atom stereocenters. The van der Waals surface area contributed by atoms with Gasteiger partial charge in [-0.15, -0.1) is 11.8 Å². The lowest BCUT2D eigenvalue weighted by molar-refractivity contribution is 0.598. The molecule has 0 saturated carbocycles. The second-order valence-corrected chi connectivity index (χ2v) is 8.52. The minimum absolute atomic E-state index is 0.0723. The van der Waals surface area contributed by atoms with Crippen LogP contribution in [0.4, 0.5) is 10.1 Å². The number of imidazole rings is 1. The summed E-state index contributed by atoms with van der Waals surface area (Å²) in [5, 5.41) is 0.265. The van der Waals surface area contributed by atoms with Gasteiger partial charge in [0.05, 0.1) is 12.0 Å². The van der Waals surface area contributed by atoms with E-state index in [1.54, 1.807) is 48.0 Å². The van der Waals surface area contributed by atoms with Crippen LogP contribution in [-0.2, 0) is 22.8 Å². The summed E-state index contributed by atoms with van der Waals surface area (Å²) in [4.78, 5) is 4.53. The van der Waals surface area contributed by atoms with E-state index in [2.05, 4.69) is 9.71 Å². The van der Waals surface area contributed by atoms with Gasteiger partial charge in [0.2, 0.25) is 0 Å². The highest BCUT2D eigenvalue weighted by atomic mass is 35.5. The molecule has 0 fully saturated rings. The smallest absolute Gasteiger partial charge is 0.280 e. The first-order valence-corrected chi connectivity index (χ1v) is 10.4. The van der Waals surface area contributed by atoms with Gasteiger partial charge in [0.1, 0.15) is 5.82 Å². The third-order valence-corrected chi connectivity index (χ3v) is 6.23. The quantitative estimate of drug-likeness (QED) is 0.614. The summed E-state index contributed by atoms with van der Waals surface area (Å²) in [6.07, 6.45) is 2.83. The summed E-state index contributed by atoms with van der Waals surface area (Å²) >= 11 is 7.34. The first kappa shape index (κ1) is 18.8. The Morgan fingerprint density at radius 2 is 2.00 bits per heavy atom. The summed E-state index contributed by atoms with van der Waals surface area (Å²) in [6.45, 7) is 0. The van der Waals surface area contributed by atoms with Crippen molar-refractivity contribution in [3.8, 4) is 0 Å². The average molecular weight is 412 g/mol. The fourth-order valence-corrected chi connectivity index (χ4v) is 4.70. The van der Waals surface area contributed by atoms with Crippen molar-refractivity contribution in [2.75, 3.05) is 4.72 Å². The Morgan fingerprint density at radius 1 is 1.23 bits per heavy atom. The third kappa shape index (κ3) is 4.20. The fraction of sp³-hybridized carbons (Fsp3) is 0.118. The molecule has 3 rings (SSSR count). The number of para-hydroxylation sites is 1. The van der Waals surface area contributed by atoms with Gasteiger partial charge in [0, 0.05) is 34.5 Å². The van der Waals surface area contributed by atoms with Crippen molar-refractivity contribution in [3.63, 3.8) is 0 Å². The first-order valence-electron chi connectivity index (χ1n) is 7.52. The molecular weight excluding hydrogens is 397 g/mol. The van der Waals surface area contributed by atoms with Gasteiger partial charge in [-0.1, -0.05) is 29.8 Å². The molecule has 0 bridgehead atoms. The van der Waals surface area contributed by atoms with Gasteiger partial charge in [0.25, 0.3) is 10.0 Å². The van der Waals surface area contributed by atoms with E-state index in [1.165, 1.54) is 30.4 Å². The second-order valence-electron chi connectivity index (χ2n) is 5.47. The highest BCUT2D eigenvalue weighted by molar-refractivity contribution is 7.98. The normalized spacial score (nSPS) is 11.5. The van der Waals surface area contributed by atoms with Crippen molar-refractivity contribution >= 4 is 39.1 Å². The Morgan fingerprint density at radius 3 is 2.69 bits per heavy atom. The maximum atomic E-state index is 13.9. The van der Waals surface area contributed by atoms with Gasteiger partial charge in [-0.05, 0) is 24.3 Å². The van der Waals surface area contributed by atoms with Crippen LogP contribution in [0.2, 0.25) is 5.02 Å². The SMILES string of the molecule is Cn1cnc(S(=O)(=O)Nc2ccccc2SCc2c(F)cccc2Cl)c1. The maximum absolute atomic E-state index is 13.9. The largest absolute Gasteiger partial charge is 0.339 e. The standard InChI is InChI=1S/C17H15ClFN3O2S2/c1-22-9-17(20-11-22)26(23,24)21-15-7-2-3-8-16(15)25-10-12-13(18)5-4-6-14(12)19/h2-9,11,21H,10H2,1H3. The van der Waals surface area contributed by atoms with Crippen LogP contribution in [0.25, 0.3) is 0 Å². The van der Waals surface area contributed by atoms with E-state index in [0.29, 0.717) is 21.2 Å². The number of sulfonamides is 1. The lowest BCUT2D eigenvalue weighted by atomic mass is 10.2. The number of nitrogens with zero attached hydrogens (tertiary/aromatic N) is 2. The van der Waals surface area contributed by atoms with Crippen molar-refractivity contribution in [1.82, 2.24) is 9.55 Å². The summed E-state index contributed by atoms with van der Waals surface area (Å²) < 4.78 is 43.0. The van der Waals surface area contributed by atoms with E-state index >= 15 is 0 Å². The zero-order valence-corrected chi connectivity index (χ0v) is 16.1. The maximum Gasteiger partial charge on any atom is 0.280 e. The van der Waals surface area contributed by atoms with Crippen LogP contribution in [-0.4, -0.2) is 18.0 Å². The number of aryl methyl sites for hydroxylation is 1. The topological polar surface area (TPSA) is 64.0 Å². The molecule has 0 radical (unpaired) electrons. The summed E-state index contributed by atoms with van der Waals surface area (Å²) in [5.41, 5.74) is 0.775. The van der Waals surface area contributed by atoms with E-state index in [1.807, 2.05) is 0 Å². The number of hydrogen-bond acceptors (Lipinski definition) is 4. The van der Waals surface area contributed by atoms with Crippen molar-refractivity contribution in [1.29, 1.82) is 0 Å². The van der Waals surface area contributed by atoms with Gasteiger partial charge in [0.15, 0.2) is 5.03 Å². The van der Waals surface area contributed by atoms with Crippen LogP contribution < -0.4 is 4.72 Å². The van der Waals surface area contributed by atoms with Crippen LogP contribution in [0.15, 0.2) is 64.9 Å². The van der Waals surface area contributed by atoms with Crippen LogP contribution in [0, 0.1) is 5.82 Å². The number of benzene rings is 2. The monoisotopic (exact) mass is 411 g/mol. The minimum atomic E-state index is -3.81. The lowest BCUT2D eigenvalue weighted by Gasteiger charge is -2.12. The Kier molecular flexibility index (Phi) is 5.55. The van der Waals surface area contributed by atoms with Crippen molar-refractivity contribution in [2.45, 2.75) is 15.7 Å². The predicted octanol–water partition coefficient (Wildman–Crippen LogP) is 4.31. The van der Waals surface area contributed by atoms with Gasteiger partial charge in [-0.25, -0.2) is 9.37 Å². The number of aromatic nitrogens is 2. The zero-order valence-electron chi connectivity index (χ0n) is 13.7. The average Bonchev–Trinajstić information content (AvgIpc) is 3.03. The highest BCUT2D eigenvalue weighted by Crippen LogP contribution is 2.33. The van der Waals surface area contributed by atoms with E-state index in [0.717, 1.165) is 0 Å². The van der Waals surface area contributed by atoms with Gasteiger partial charge in [-0.2, -0.15) is 8.42 Å². The molecule has 9 heteroatoms. The predicted molar refractivity (Wildman–Crippen MR) is 101 cm³/mol. The Bertz CT molecular complexity index is 1020. The zero-order chi connectivity index (χ0) is 18.7. The number of halogens is 2. The molecule has 0 atom stereocenters. The summed E-state index contributed by atoms with van der Waals surface area (Å²) in [7, 11) is -2.12. The molecule has 0 aliphatic carbocycles. The van der Waals surface area contributed by atoms with Gasteiger partial charge < -0.3 is 4.57 Å². The van der Waals surface area contributed by atoms with Crippen molar-refractivity contribution in [3.05, 3.63) is 71.4 Å². The van der Waals surface area contributed by atoms with Crippen LogP contribution in [0.1, 0.15) is 5.56 Å². The molecular formula is C17H15ClFN3O2S2. The molecule has 136 valence electrons. The van der Waals surface area contributed by atoms with E-state index in [4.69, 9.17) is 11.6 Å². The van der Waals surface area contributed by atoms with E-state index in [9.17, 15) is 12.8 Å². The summed E-state index contributed by atoms with van der Waals surface area (Å²) in [5.74, 6) is -0.120. The number of thioether (sulfide) groups is 1. The Labute approximate surface area is 160 Å². The second kappa shape index (κ2) is 7.69. The van der Waals surface area contributed by atoms with Crippen LogP contribution >= 0.6 is 23.4 Å². The van der Waals surface area contributed by atoms with Gasteiger partial charge in [-0.3, -0.25) is 4.72 Å². The van der Waals surface area contributed by atoms with E-state index in [-0.39, 0.29) is 10.8 Å². The third-order valence-electron chi connectivity index (χ3n) is 3.52. The molecule has 0 aliphatic rings. The highest BCUT2D eigenvalue weighted by Gasteiger charge is 2.19. The van der Waals surface area contributed by atoms with Crippen molar-refractivity contribution < 1.29 is 12.8 Å². The first-order chi connectivity index (χ1) is 12.4. The summed E-state index contributed by atoms with van der Waals surface area (Å²) in [6, 6.07) is 11.4. The molecule has 2 aromatic carbocycles. The minimum Gasteiger partial charge on any atom is -0.339 e. The molecule has 3 aromatic rings. The molecule has 5 nitrogen and oxygen atoms in total.